The van der Waals surface area contributed by atoms with E-state index in [1.807, 2.05) is 71.7 Å². The van der Waals surface area contributed by atoms with Crippen LogP contribution in [0, 0.1) is 0 Å². The van der Waals surface area contributed by atoms with Gasteiger partial charge in [0.15, 0.2) is 5.82 Å². The van der Waals surface area contributed by atoms with E-state index in [2.05, 4.69) is 444 Å². The maximum Gasteiger partial charge on any atom is 0.159 e. The Morgan fingerprint density at radius 1 is 0.252 bits per heavy atom. The van der Waals surface area contributed by atoms with Gasteiger partial charge in [-0.3, -0.25) is 9.97 Å². The van der Waals surface area contributed by atoms with Gasteiger partial charge in [0.25, 0.3) is 0 Å². The Bertz CT molecular complexity index is 9350. The zero-order chi connectivity index (χ0) is 89.4. The van der Waals surface area contributed by atoms with Crippen molar-refractivity contribution >= 4 is 150 Å². The standard InChI is InChI=1S/C44H30N2O.C41H26N2S.C40H25N3S/c1-44(2)35-19-8-6-16-32(35)39-33(36-20-10-11-26-45-36)23-22-29(41(39)44)30-17-12-18-34-40-37(46(42(30)34)27-13-4-3-5-14-27)25-24-31-28-15-7-9-21-38(28)47-43(31)40;1-4-12-27(13-5-1)29-19-22-38-33(24-29)32-20-21-36-40(41(32)44-38)39-34(35-18-10-11-23-42-35)25-30(28-14-6-2-7-15-28)26-37(39)43(36)31-16-8-3-9-17-31;1-3-10-26(11-4-1)27-12-7-13-28(24-27)29-18-21-36-33(25-29)31-19-20-35-38(39(31)44-36)37-32(40-41-22-9-23-42-40)16-8-17-34(37)43(35)30-14-5-2-6-15-30/h3-26H,1-2H3;1-26H;1-25H. The van der Waals surface area contributed by atoms with Gasteiger partial charge >= 0.3 is 0 Å². The van der Waals surface area contributed by atoms with Crippen molar-refractivity contribution in [2.24, 2.45) is 0 Å². The molecule has 0 saturated heterocycles. The van der Waals surface area contributed by atoms with E-state index in [9.17, 15) is 0 Å². The van der Waals surface area contributed by atoms with Crippen LogP contribution in [0.4, 0.5) is 0 Å². The third-order valence-corrected chi connectivity index (χ3v) is 29.8. The summed E-state index contributed by atoms with van der Waals surface area (Å²) >= 11 is 3.76. The second kappa shape index (κ2) is 32.2. The molecule has 18 aromatic carbocycles. The van der Waals surface area contributed by atoms with E-state index in [-0.39, 0.29) is 5.41 Å². The fourth-order valence-electron chi connectivity index (χ4n) is 21.5. The highest BCUT2D eigenvalue weighted by atomic mass is 32.1. The smallest absolute Gasteiger partial charge is 0.159 e. The molecular weight excluding hydrogens is 1680 g/mol. The lowest BCUT2D eigenvalue weighted by atomic mass is 9.78. The van der Waals surface area contributed by atoms with E-state index in [0.29, 0.717) is 0 Å². The molecule has 10 heteroatoms. The van der Waals surface area contributed by atoms with Gasteiger partial charge in [0.05, 0.1) is 49.9 Å². The highest BCUT2D eigenvalue weighted by Crippen LogP contribution is 2.58. The van der Waals surface area contributed by atoms with Crippen LogP contribution in [0.1, 0.15) is 25.0 Å². The molecule has 0 spiro atoms. The van der Waals surface area contributed by atoms with Crippen molar-refractivity contribution < 1.29 is 4.42 Å². The first-order chi connectivity index (χ1) is 66.8. The van der Waals surface area contributed by atoms with Crippen LogP contribution in [0.25, 0.3) is 245 Å². The molecule has 135 heavy (non-hydrogen) atoms. The predicted octanol–water partition coefficient (Wildman–Crippen LogP) is 34.2. The SMILES string of the molecule is CC1(C)c2ccccc2-c2c(-c3ccccn3)ccc(-c3cccc4c5c6oc7ccccc7c6ccc5n(-c5ccccc5)c34)c21.c1ccc(-c2ccc3sc4c(ccc5c4c4c(-c6ccccn6)cc(-c6ccccc6)cc4n5-c4ccccc4)c3c2)cc1.c1ccc(-c2cccc(-c3ccc4sc5c(ccc6c5c5c(-c7ncccn7)cccc5n6-c5ccccc5)c4c3)c2)cc1. The lowest BCUT2D eigenvalue weighted by Gasteiger charge is -2.26. The summed E-state index contributed by atoms with van der Waals surface area (Å²) in [7, 11) is 0. The molecule has 0 aliphatic heterocycles. The summed E-state index contributed by atoms with van der Waals surface area (Å²) in [5, 5.41) is 14.7. The molecule has 0 saturated carbocycles. The Balaban J connectivity index is 0.000000105. The number of rotatable bonds is 11. The topological polar surface area (TPSA) is 79.5 Å². The Morgan fingerprint density at radius 2 is 0.696 bits per heavy atom. The fourth-order valence-corrected chi connectivity index (χ4v) is 23.9. The summed E-state index contributed by atoms with van der Waals surface area (Å²) < 4.78 is 19.1. The van der Waals surface area contributed by atoms with E-state index >= 15 is 0 Å². The van der Waals surface area contributed by atoms with Gasteiger partial charge in [0.2, 0.25) is 0 Å². The monoisotopic (exact) mass is 1760 g/mol. The lowest BCUT2D eigenvalue weighted by molar-refractivity contribution is 0.662. The van der Waals surface area contributed by atoms with Gasteiger partial charge in [-0.25, -0.2) is 9.97 Å². The highest BCUT2D eigenvalue weighted by molar-refractivity contribution is 7.27. The molecule has 0 atom stereocenters. The van der Waals surface area contributed by atoms with Gasteiger partial charge in [-0.15, -0.1) is 22.7 Å². The minimum Gasteiger partial charge on any atom is -0.455 e. The molecule has 0 bridgehead atoms. The molecule has 634 valence electrons. The summed E-state index contributed by atoms with van der Waals surface area (Å²) in [6.45, 7) is 4.74. The van der Waals surface area contributed by atoms with Crippen LogP contribution in [0.15, 0.2) is 460 Å². The molecule has 8 nitrogen and oxygen atoms in total. The number of furan rings is 1. The molecule has 0 N–H and O–H groups in total. The molecule has 0 radical (unpaired) electrons. The Hall–Kier alpha value is -17.0. The van der Waals surface area contributed by atoms with E-state index in [4.69, 9.17) is 14.4 Å². The van der Waals surface area contributed by atoms with Crippen LogP contribution in [0.2, 0.25) is 0 Å². The zero-order valence-electron chi connectivity index (χ0n) is 73.7. The highest BCUT2D eigenvalue weighted by Gasteiger charge is 2.40. The first kappa shape index (κ1) is 79.0. The van der Waals surface area contributed by atoms with Gasteiger partial charge in [-0.1, -0.05) is 299 Å². The van der Waals surface area contributed by atoms with Gasteiger partial charge in [0, 0.05) is 148 Å². The average Bonchev–Trinajstić information content (AvgIpc) is 1.54. The number of fused-ring (bicyclic) bond motifs is 24. The predicted molar refractivity (Wildman–Crippen MR) is 568 cm³/mol. The van der Waals surface area contributed by atoms with Crippen LogP contribution in [-0.2, 0) is 5.41 Å². The molecule has 1 aliphatic carbocycles. The third-order valence-electron chi connectivity index (χ3n) is 27.4. The number of hydrogen-bond donors (Lipinski definition) is 0. The molecule has 9 aromatic heterocycles. The molecule has 9 heterocycles. The zero-order valence-corrected chi connectivity index (χ0v) is 75.3. The summed E-state index contributed by atoms with van der Waals surface area (Å²) in [4.78, 5) is 19.0. The first-order valence-corrected chi connectivity index (χ1v) is 47.5. The largest absolute Gasteiger partial charge is 0.455 e. The van der Waals surface area contributed by atoms with E-state index in [1.165, 1.54) is 173 Å². The summed E-state index contributed by atoms with van der Waals surface area (Å²) in [6.07, 6.45) is 7.42. The van der Waals surface area contributed by atoms with Crippen molar-refractivity contribution in [2.75, 3.05) is 0 Å². The Morgan fingerprint density at radius 3 is 1.31 bits per heavy atom. The van der Waals surface area contributed by atoms with Crippen LogP contribution in [0.5, 0.6) is 0 Å². The van der Waals surface area contributed by atoms with Gasteiger partial charge in [0.1, 0.15) is 11.2 Å². The number of hydrogen-bond acceptors (Lipinski definition) is 7. The lowest BCUT2D eigenvalue weighted by Crippen LogP contribution is -2.16. The molecule has 0 fully saturated rings. The quantitative estimate of drug-likeness (QED) is 0.129. The fraction of sp³-hybridized carbons (Fsp3) is 0.0240. The van der Waals surface area contributed by atoms with Crippen LogP contribution in [-0.4, -0.2) is 33.6 Å². The first-order valence-electron chi connectivity index (χ1n) is 45.9. The number of thiophene rings is 2. The van der Waals surface area contributed by atoms with Gasteiger partial charge in [-0.05, 0) is 218 Å². The second-order valence-corrected chi connectivity index (χ2v) is 37.4. The molecular formula is C125H81N7OS2. The summed E-state index contributed by atoms with van der Waals surface area (Å²) in [6, 6.07) is 154. The van der Waals surface area contributed by atoms with Crippen molar-refractivity contribution in [2.45, 2.75) is 19.3 Å². The number of benzene rings is 18. The number of pyridine rings is 2. The van der Waals surface area contributed by atoms with E-state index in [1.54, 1.807) is 0 Å². The molecule has 28 rings (SSSR count). The number of aromatic nitrogens is 7. The van der Waals surface area contributed by atoms with E-state index < -0.39 is 0 Å². The third kappa shape index (κ3) is 13.0. The number of nitrogens with zero attached hydrogens (tertiary/aromatic N) is 7. The summed E-state index contributed by atoms with van der Waals surface area (Å²) in [5.74, 6) is 0.740. The minimum absolute atomic E-state index is 0.218. The second-order valence-electron chi connectivity index (χ2n) is 35.3. The minimum atomic E-state index is -0.218. The van der Waals surface area contributed by atoms with Crippen LogP contribution >= 0.6 is 22.7 Å². The molecule has 1 aliphatic rings. The van der Waals surface area contributed by atoms with Crippen LogP contribution < -0.4 is 0 Å². The van der Waals surface area contributed by atoms with Crippen molar-refractivity contribution in [3.05, 3.63) is 467 Å². The normalized spacial score (nSPS) is 12.3. The number of para-hydroxylation sites is 5. The van der Waals surface area contributed by atoms with Crippen molar-refractivity contribution in [3.8, 4) is 118 Å². The van der Waals surface area contributed by atoms with Crippen molar-refractivity contribution in [1.29, 1.82) is 0 Å². The van der Waals surface area contributed by atoms with Gasteiger partial charge in [-0.2, -0.15) is 0 Å². The summed E-state index contributed by atoms with van der Waals surface area (Å²) in [5.41, 5.74) is 34.9. The van der Waals surface area contributed by atoms with Crippen molar-refractivity contribution in [3.63, 3.8) is 0 Å². The molecule has 27 aromatic rings. The van der Waals surface area contributed by atoms with Crippen molar-refractivity contribution in [1.82, 2.24) is 33.6 Å². The van der Waals surface area contributed by atoms with E-state index in [0.717, 1.165) is 83.8 Å². The maximum atomic E-state index is 6.66. The Labute approximate surface area is 786 Å². The average molecular weight is 1760 g/mol. The maximum absolute atomic E-state index is 6.66. The van der Waals surface area contributed by atoms with Gasteiger partial charge < -0.3 is 18.1 Å². The molecule has 0 amide bonds. The molecule has 0 unspecified atom stereocenters. The van der Waals surface area contributed by atoms with Crippen LogP contribution in [0.3, 0.4) is 0 Å². The Kier molecular flexibility index (Phi) is 18.9.